The summed E-state index contributed by atoms with van der Waals surface area (Å²) in [6.07, 6.45) is 6.44. The number of likely N-dealkylation sites (N-methyl/N-ethyl adjacent to an activating group) is 1. The summed E-state index contributed by atoms with van der Waals surface area (Å²) >= 11 is 0. The first-order valence-electron chi connectivity index (χ1n) is 7.20. The van der Waals surface area contributed by atoms with Crippen molar-refractivity contribution in [2.24, 2.45) is 11.8 Å². The summed E-state index contributed by atoms with van der Waals surface area (Å²) in [4.78, 5) is 14.1. The number of nitrogens with zero attached hydrogens (tertiary/aromatic N) is 1. The lowest BCUT2D eigenvalue weighted by molar-refractivity contribution is -0.143. The summed E-state index contributed by atoms with van der Waals surface area (Å²) in [5.41, 5.74) is 0. The van der Waals surface area contributed by atoms with Crippen molar-refractivity contribution in [2.75, 3.05) is 33.8 Å². The van der Waals surface area contributed by atoms with Crippen LogP contribution >= 0.6 is 0 Å². The van der Waals surface area contributed by atoms with Crippen LogP contribution in [0.3, 0.4) is 0 Å². The van der Waals surface area contributed by atoms with Gasteiger partial charge in [-0.25, -0.2) is 0 Å². The molecule has 4 heteroatoms. The number of ether oxygens (including phenoxy) is 1. The molecule has 2 saturated carbocycles. The van der Waals surface area contributed by atoms with Gasteiger partial charge in [0.2, 0.25) is 0 Å². The van der Waals surface area contributed by atoms with Crippen LogP contribution in [0, 0.1) is 11.8 Å². The highest BCUT2D eigenvalue weighted by atomic mass is 16.5. The highest BCUT2D eigenvalue weighted by Gasteiger charge is 2.29. The molecule has 0 aliphatic heterocycles. The maximum absolute atomic E-state index is 11.5. The molecule has 104 valence electrons. The van der Waals surface area contributed by atoms with Crippen molar-refractivity contribution >= 4 is 5.97 Å². The van der Waals surface area contributed by atoms with Gasteiger partial charge in [0.25, 0.3) is 0 Å². The zero-order chi connectivity index (χ0) is 13.0. The Balaban J connectivity index is 1.73. The average molecular weight is 254 g/mol. The summed E-state index contributed by atoms with van der Waals surface area (Å²) in [5.74, 6) is 1.71. The van der Waals surface area contributed by atoms with Gasteiger partial charge in [-0.2, -0.15) is 0 Å². The van der Waals surface area contributed by atoms with E-state index in [4.69, 9.17) is 4.74 Å². The number of nitrogens with one attached hydrogen (secondary N) is 1. The van der Waals surface area contributed by atoms with Gasteiger partial charge < -0.3 is 15.0 Å². The van der Waals surface area contributed by atoms with Crippen LogP contribution in [0.2, 0.25) is 0 Å². The van der Waals surface area contributed by atoms with Crippen LogP contribution in [0.25, 0.3) is 0 Å². The van der Waals surface area contributed by atoms with Crippen LogP contribution in [0.5, 0.6) is 0 Å². The zero-order valence-electron chi connectivity index (χ0n) is 11.7. The fourth-order valence-electron chi connectivity index (χ4n) is 2.42. The van der Waals surface area contributed by atoms with Crippen molar-refractivity contribution in [1.29, 1.82) is 0 Å². The molecule has 0 saturated heterocycles. The predicted octanol–water partition coefficient (Wildman–Crippen LogP) is 1.26. The number of rotatable bonds is 9. The van der Waals surface area contributed by atoms with E-state index in [-0.39, 0.29) is 12.0 Å². The molecule has 2 aliphatic carbocycles. The summed E-state index contributed by atoms with van der Waals surface area (Å²) in [6, 6.07) is -0.157. The summed E-state index contributed by atoms with van der Waals surface area (Å²) in [5, 5.41) is 3.04. The lowest BCUT2D eigenvalue weighted by atomic mass is 10.2. The Morgan fingerprint density at radius 2 is 1.83 bits per heavy atom. The van der Waals surface area contributed by atoms with E-state index in [1.54, 1.807) is 0 Å². The summed E-state index contributed by atoms with van der Waals surface area (Å²) in [7, 11) is 3.28. The van der Waals surface area contributed by atoms with Gasteiger partial charge in [0.15, 0.2) is 0 Å². The molecule has 18 heavy (non-hydrogen) atoms. The smallest absolute Gasteiger partial charge is 0.322 e. The first-order chi connectivity index (χ1) is 8.72. The van der Waals surface area contributed by atoms with Gasteiger partial charge in [0.1, 0.15) is 6.04 Å². The maximum Gasteiger partial charge on any atom is 0.322 e. The molecule has 2 rings (SSSR count). The van der Waals surface area contributed by atoms with Crippen LogP contribution < -0.4 is 5.32 Å². The van der Waals surface area contributed by atoms with Crippen LogP contribution in [0.1, 0.15) is 32.1 Å². The predicted molar refractivity (Wildman–Crippen MR) is 71.4 cm³/mol. The third-order valence-electron chi connectivity index (χ3n) is 3.99. The minimum atomic E-state index is -0.157. The standard InChI is InChI=1S/C14H26N2O2/c1-15-13(14(17)18-2)7-8-16(9-11-3-4-11)10-12-5-6-12/h11-13,15H,3-10H2,1-2H3. The van der Waals surface area contributed by atoms with Gasteiger partial charge in [-0.3, -0.25) is 4.79 Å². The minimum absolute atomic E-state index is 0.143. The average Bonchev–Trinajstić information content (AvgIpc) is 3.24. The summed E-state index contributed by atoms with van der Waals surface area (Å²) < 4.78 is 4.80. The number of carbonyl (C=O) groups excluding carboxylic acids is 1. The first-order valence-corrected chi connectivity index (χ1v) is 7.20. The van der Waals surface area contributed by atoms with Gasteiger partial charge in [0.05, 0.1) is 7.11 Å². The van der Waals surface area contributed by atoms with Crippen molar-refractivity contribution < 1.29 is 9.53 Å². The quantitative estimate of drug-likeness (QED) is 0.629. The van der Waals surface area contributed by atoms with E-state index in [0.29, 0.717) is 0 Å². The van der Waals surface area contributed by atoms with Crippen LogP contribution in [0.4, 0.5) is 0 Å². The molecule has 0 bridgehead atoms. The largest absolute Gasteiger partial charge is 0.468 e. The molecule has 0 amide bonds. The highest BCUT2D eigenvalue weighted by Crippen LogP contribution is 2.33. The number of hydrogen-bond acceptors (Lipinski definition) is 4. The van der Waals surface area contributed by atoms with E-state index >= 15 is 0 Å². The molecular weight excluding hydrogens is 228 g/mol. The van der Waals surface area contributed by atoms with E-state index in [1.165, 1.54) is 45.9 Å². The molecule has 2 fully saturated rings. The highest BCUT2D eigenvalue weighted by molar-refractivity contribution is 5.75. The fourth-order valence-corrected chi connectivity index (χ4v) is 2.42. The van der Waals surface area contributed by atoms with Crippen molar-refractivity contribution in [1.82, 2.24) is 10.2 Å². The maximum atomic E-state index is 11.5. The van der Waals surface area contributed by atoms with Gasteiger partial charge in [-0.1, -0.05) is 0 Å². The number of carbonyl (C=O) groups is 1. The minimum Gasteiger partial charge on any atom is -0.468 e. The van der Waals surface area contributed by atoms with Crippen molar-refractivity contribution in [3.05, 3.63) is 0 Å². The van der Waals surface area contributed by atoms with Gasteiger partial charge in [-0.15, -0.1) is 0 Å². The molecule has 2 aliphatic rings. The molecule has 0 spiro atoms. The topological polar surface area (TPSA) is 41.6 Å². The normalized spacial score (nSPS) is 21.1. The van der Waals surface area contributed by atoms with Crippen LogP contribution in [-0.4, -0.2) is 50.7 Å². The monoisotopic (exact) mass is 254 g/mol. The Kier molecular flexibility index (Phi) is 5.01. The van der Waals surface area contributed by atoms with Gasteiger partial charge >= 0.3 is 5.97 Å². The van der Waals surface area contributed by atoms with E-state index in [2.05, 4.69) is 10.2 Å². The SMILES string of the molecule is CNC(CCN(CC1CC1)CC1CC1)C(=O)OC. The molecule has 1 N–H and O–H groups in total. The van der Waals surface area contributed by atoms with E-state index in [1.807, 2.05) is 7.05 Å². The molecule has 0 radical (unpaired) electrons. The molecule has 0 aromatic rings. The first kappa shape index (κ1) is 13.8. The summed E-state index contributed by atoms with van der Waals surface area (Å²) in [6.45, 7) is 3.47. The molecule has 1 unspecified atom stereocenters. The van der Waals surface area contributed by atoms with Gasteiger partial charge in [-0.05, 0) is 51.0 Å². The van der Waals surface area contributed by atoms with E-state index in [9.17, 15) is 4.79 Å². The Hall–Kier alpha value is -0.610. The third-order valence-corrected chi connectivity index (χ3v) is 3.99. The van der Waals surface area contributed by atoms with Crippen LogP contribution in [0.15, 0.2) is 0 Å². The van der Waals surface area contributed by atoms with E-state index < -0.39 is 0 Å². The second-order valence-electron chi connectivity index (χ2n) is 5.80. The molecule has 4 nitrogen and oxygen atoms in total. The van der Waals surface area contributed by atoms with Gasteiger partial charge in [0, 0.05) is 19.6 Å². The Morgan fingerprint density at radius 1 is 1.28 bits per heavy atom. The zero-order valence-corrected chi connectivity index (χ0v) is 11.7. The van der Waals surface area contributed by atoms with E-state index in [0.717, 1.165) is 24.8 Å². The third kappa shape index (κ3) is 4.58. The van der Waals surface area contributed by atoms with Crippen molar-refractivity contribution in [3.63, 3.8) is 0 Å². The molecular formula is C14H26N2O2. The Labute approximate surface area is 110 Å². The Bertz CT molecular complexity index is 261. The second kappa shape index (κ2) is 6.53. The molecule has 0 aromatic carbocycles. The van der Waals surface area contributed by atoms with Crippen molar-refractivity contribution in [3.8, 4) is 0 Å². The van der Waals surface area contributed by atoms with Crippen molar-refractivity contribution in [2.45, 2.75) is 38.1 Å². The molecule has 0 heterocycles. The lowest BCUT2D eigenvalue weighted by Crippen LogP contribution is -2.39. The lowest BCUT2D eigenvalue weighted by Gasteiger charge is -2.24. The fraction of sp³-hybridized carbons (Fsp3) is 0.929. The van der Waals surface area contributed by atoms with Crippen LogP contribution in [-0.2, 0) is 9.53 Å². The molecule has 0 aromatic heterocycles. The number of hydrogen-bond donors (Lipinski definition) is 1. The number of methoxy groups -OCH3 is 1. The second-order valence-corrected chi connectivity index (χ2v) is 5.80. The number of esters is 1. The molecule has 1 atom stereocenters. The Morgan fingerprint density at radius 3 is 2.22 bits per heavy atom.